The number of nitrogens with one attached hydrogen (secondary N) is 2. The average Bonchev–Trinajstić information content (AvgIpc) is 3.23. The van der Waals surface area contributed by atoms with Crippen molar-refractivity contribution in [3.05, 3.63) is 40.7 Å². The Morgan fingerprint density at radius 2 is 2.33 bits per heavy atom. The molecular weight excluding hydrogens is 304 g/mol. The van der Waals surface area contributed by atoms with E-state index in [9.17, 15) is 4.79 Å². The number of carbonyl (C=O) groups excluding carboxylic acids is 1. The van der Waals surface area contributed by atoms with Gasteiger partial charge in [0.15, 0.2) is 0 Å². The number of hydrogen-bond acceptors (Lipinski definition) is 3. The lowest BCUT2D eigenvalue weighted by Gasteiger charge is -2.17. The average molecular weight is 326 g/mol. The van der Waals surface area contributed by atoms with Crippen LogP contribution in [0.1, 0.15) is 35.9 Å². The second kappa shape index (κ2) is 5.85. The van der Waals surface area contributed by atoms with E-state index in [0.717, 1.165) is 42.0 Å². The number of anilines is 1. The maximum atomic E-state index is 12.4. The number of aromatic amines is 1. The van der Waals surface area contributed by atoms with E-state index in [1.54, 1.807) is 11.9 Å². The zero-order valence-corrected chi connectivity index (χ0v) is 14.1. The van der Waals surface area contributed by atoms with Gasteiger partial charge >= 0.3 is 6.03 Å². The molecule has 1 aromatic heterocycles. The molecule has 6 nitrogen and oxygen atoms in total. The van der Waals surface area contributed by atoms with Crippen LogP contribution in [0.3, 0.4) is 0 Å². The molecule has 0 saturated heterocycles. The Morgan fingerprint density at radius 1 is 1.46 bits per heavy atom. The third kappa shape index (κ3) is 2.72. The van der Waals surface area contributed by atoms with Gasteiger partial charge in [-0.25, -0.2) is 4.79 Å². The fraction of sp³-hybridized carbons (Fsp3) is 0.444. The van der Waals surface area contributed by atoms with Gasteiger partial charge in [0.2, 0.25) is 0 Å². The Kier molecular flexibility index (Phi) is 3.67. The predicted molar refractivity (Wildman–Crippen MR) is 91.3 cm³/mol. The number of urea groups is 1. The van der Waals surface area contributed by atoms with Crippen molar-refractivity contribution in [2.24, 2.45) is 0 Å². The second-order valence-electron chi connectivity index (χ2n) is 6.72. The molecule has 1 atom stereocenters. The molecule has 2 heterocycles. The van der Waals surface area contributed by atoms with E-state index in [1.165, 1.54) is 17.7 Å². The van der Waals surface area contributed by atoms with Crippen LogP contribution in [-0.2, 0) is 25.8 Å². The van der Waals surface area contributed by atoms with Crippen LogP contribution in [0.2, 0.25) is 0 Å². The highest BCUT2D eigenvalue weighted by Gasteiger charge is 2.22. The fourth-order valence-electron chi connectivity index (χ4n) is 3.53. The Bertz CT molecular complexity index is 783. The molecule has 2 amide bonds. The van der Waals surface area contributed by atoms with Gasteiger partial charge in [0.25, 0.3) is 0 Å². The minimum absolute atomic E-state index is 0.128. The van der Waals surface area contributed by atoms with Gasteiger partial charge in [0, 0.05) is 24.8 Å². The Hall–Kier alpha value is -2.50. The first kappa shape index (κ1) is 15.1. The number of rotatable bonds is 3. The normalized spacial score (nSPS) is 18.0. The van der Waals surface area contributed by atoms with Gasteiger partial charge in [-0.2, -0.15) is 5.10 Å². The lowest BCUT2D eigenvalue weighted by atomic mass is 10.1. The number of ether oxygens (including phenoxy) is 1. The fourth-order valence-corrected chi connectivity index (χ4v) is 3.53. The third-order valence-electron chi connectivity index (χ3n) is 4.77. The Morgan fingerprint density at radius 3 is 3.21 bits per heavy atom. The Balaban J connectivity index is 1.41. The van der Waals surface area contributed by atoms with E-state index in [4.69, 9.17) is 4.74 Å². The van der Waals surface area contributed by atoms with Crippen molar-refractivity contribution in [1.29, 1.82) is 0 Å². The molecule has 1 aliphatic heterocycles. The first-order valence-electron chi connectivity index (χ1n) is 8.47. The highest BCUT2D eigenvalue weighted by molar-refractivity contribution is 5.89. The molecule has 0 bridgehead atoms. The molecule has 4 rings (SSSR count). The molecular formula is C18H22N4O2. The van der Waals surface area contributed by atoms with E-state index in [1.807, 2.05) is 25.1 Å². The van der Waals surface area contributed by atoms with Crippen molar-refractivity contribution in [3.8, 4) is 5.75 Å². The van der Waals surface area contributed by atoms with Crippen molar-refractivity contribution >= 4 is 11.7 Å². The van der Waals surface area contributed by atoms with Crippen molar-refractivity contribution in [1.82, 2.24) is 15.1 Å². The number of nitrogens with zero attached hydrogens (tertiary/aromatic N) is 2. The van der Waals surface area contributed by atoms with Crippen LogP contribution in [0.4, 0.5) is 10.5 Å². The number of H-pyrrole nitrogens is 1. The zero-order valence-electron chi connectivity index (χ0n) is 14.1. The van der Waals surface area contributed by atoms with Gasteiger partial charge in [0.1, 0.15) is 11.9 Å². The molecule has 0 unspecified atom stereocenters. The number of benzene rings is 1. The molecule has 0 fully saturated rings. The molecule has 6 heteroatoms. The van der Waals surface area contributed by atoms with Gasteiger partial charge < -0.3 is 15.0 Å². The maximum Gasteiger partial charge on any atom is 0.321 e. The number of carbonyl (C=O) groups is 1. The lowest BCUT2D eigenvalue weighted by molar-refractivity contribution is 0.220. The van der Waals surface area contributed by atoms with Gasteiger partial charge in [0.05, 0.1) is 12.2 Å². The quantitative estimate of drug-likeness (QED) is 0.911. The van der Waals surface area contributed by atoms with Gasteiger partial charge in [-0.15, -0.1) is 0 Å². The molecule has 126 valence electrons. The summed E-state index contributed by atoms with van der Waals surface area (Å²) in [5.74, 6) is 0.918. The molecule has 24 heavy (non-hydrogen) atoms. The number of aromatic nitrogens is 2. The summed E-state index contributed by atoms with van der Waals surface area (Å²) >= 11 is 0. The zero-order chi connectivity index (χ0) is 16.7. The van der Waals surface area contributed by atoms with Crippen LogP contribution in [0.5, 0.6) is 5.75 Å². The standard InChI is InChI=1S/C18H22N4O2/c1-11-8-12-9-13(6-7-17(12)24-11)19-18(23)22(2)10-16-14-4-3-5-15(14)20-21-16/h6-7,9,11H,3-5,8,10H2,1-2H3,(H,19,23)(H,20,21)/t11-/m1/s1. The minimum atomic E-state index is -0.128. The van der Waals surface area contributed by atoms with E-state index in [-0.39, 0.29) is 12.1 Å². The number of fused-ring (bicyclic) bond motifs is 2. The topological polar surface area (TPSA) is 70.2 Å². The molecule has 0 saturated carbocycles. The smallest absolute Gasteiger partial charge is 0.321 e. The number of hydrogen-bond donors (Lipinski definition) is 2. The van der Waals surface area contributed by atoms with Crippen LogP contribution in [-0.4, -0.2) is 34.3 Å². The van der Waals surface area contributed by atoms with Crippen molar-refractivity contribution in [2.45, 2.75) is 45.3 Å². The summed E-state index contributed by atoms with van der Waals surface area (Å²) in [7, 11) is 1.80. The Labute approximate surface area is 141 Å². The molecule has 2 aliphatic rings. The first-order chi connectivity index (χ1) is 11.6. The van der Waals surface area contributed by atoms with Gasteiger partial charge in [-0.1, -0.05) is 0 Å². The summed E-state index contributed by atoms with van der Waals surface area (Å²) in [4.78, 5) is 14.1. The van der Waals surface area contributed by atoms with Crippen LogP contribution in [0.25, 0.3) is 0 Å². The molecule has 0 spiro atoms. The van der Waals surface area contributed by atoms with Gasteiger partial charge in [-0.3, -0.25) is 5.10 Å². The largest absolute Gasteiger partial charge is 0.490 e. The lowest BCUT2D eigenvalue weighted by Crippen LogP contribution is -2.31. The monoisotopic (exact) mass is 326 g/mol. The molecule has 2 aromatic rings. The van der Waals surface area contributed by atoms with Crippen LogP contribution >= 0.6 is 0 Å². The summed E-state index contributed by atoms with van der Waals surface area (Å²) in [6, 6.07) is 5.68. The van der Waals surface area contributed by atoms with E-state index >= 15 is 0 Å². The maximum absolute atomic E-state index is 12.4. The van der Waals surface area contributed by atoms with E-state index in [0.29, 0.717) is 6.54 Å². The summed E-state index contributed by atoms with van der Waals surface area (Å²) in [5.41, 5.74) is 5.45. The van der Waals surface area contributed by atoms with Crippen LogP contribution in [0, 0.1) is 0 Å². The minimum Gasteiger partial charge on any atom is -0.490 e. The van der Waals surface area contributed by atoms with E-state index < -0.39 is 0 Å². The highest BCUT2D eigenvalue weighted by atomic mass is 16.5. The molecule has 0 radical (unpaired) electrons. The molecule has 2 N–H and O–H groups in total. The first-order valence-corrected chi connectivity index (χ1v) is 8.47. The predicted octanol–water partition coefficient (Wildman–Crippen LogP) is 2.89. The summed E-state index contributed by atoms with van der Waals surface area (Å²) in [5, 5.41) is 10.4. The van der Waals surface area contributed by atoms with Crippen molar-refractivity contribution in [3.63, 3.8) is 0 Å². The van der Waals surface area contributed by atoms with Crippen LogP contribution < -0.4 is 10.1 Å². The summed E-state index contributed by atoms with van der Waals surface area (Å²) in [6.07, 6.45) is 4.37. The highest BCUT2D eigenvalue weighted by Crippen LogP contribution is 2.31. The summed E-state index contributed by atoms with van der Waals surface area (Å²) < 4.78 is 5.69. The number of amides is 2. The van der Waals surface area contributed by atoms with Crippen LogP contribution in [0.15, 0.2) is 18.2 Å². The van der Waals surface area contributed by atoms with Gasteiger partial charge in [-0.05, 0) is 55.5 Å². The number of aryl methyl sites for hydroxylation is 1. The SMILES string of the molecule is C[C@@H]1Cc2cc(NC(=O)N(C)Cc3n[nH]c4c3CCC4)ccc2O1. The molecule has 1 aliphatic carbocycles. The van der Waals surface area contributed by atoms with Crippen molar-refractivity contribution < 1.29 is 9.53 Å². The molecule has 1 aromatic carbocycles. The second-order valence-corrected chi connectivity index (χ2v) is 6.72. The summed E-state index contributed by atoms with van der Waals surface area (Å²) in [6.45, 7) is 2.57. The third-order valence-corrected chi connectivity index (χ3v) is 4.77. The van der Waals surface area contributed by atoms with Crippen molar-refractivity contribution in [2.75, 3.05) is 12.4 Å². The van der Waals surface area contributed by atoms with E-state index in [2.05, 4.69) is 15.5 Å².